The highest BCUT2D eigenvalue weighted by Crippen LogP contribution is 2.33. The highest BCUT2D eigenvalue weighted by Gasteiger charge is 2.22. The number of H-pyrrole nitrogens is 1. The van der Waals surface area contributed by atoms with Gasteiger partial charge in [0, 0.05) is 18.2 Å². The normalized spacial score (nSPS) is 15.0. The number of nitrogens with one attached hydrogen (secondary N) is 2. The number of rotatable bonds is 5. The summed E-state index contributed by atoms with van der Waals surface area (Å²) in [4.78, 5) is 25.6. The van der Waals surface area contributed by atoms with Gasteiger partial charge >= 0.3 is 0 Å². The Bertz CT molecular complexity index is 982. The summed E-state index contributed by atoms with van der Waals surface area (Å²) in [7, 11) is 0. The van der Waals surface area contributed by atoms with Gasteiger partial charge in [0.1, 0.15) is 5.82 Å². The molecule has 1 aliphatic rings. The lowest BCUT2D eigenvalue weighted by molar-refractivity contribution is 0.656. The molecular weight excluding hydrogens is 326 g/mol. The standard InChI is InChI=1S/C20H25N5O/c1-3-11-25-19(26)16-18(23-17(22-16)14-8-4-5-9-14)24-20(25)21-15-10-6-7-13(2)12-15/h6-7,10,12,14H,3-5,8-9,11H2,1-2H3,(H,21,24)(H,22,23). The summed E-state index contributed by atoms with van der Waals surface area (Å²) in [6.07, 6.45) is 5.60. The maximum atomic E-state index is 13.0. The predicted octanol–water partition coefficient (Wildman–Crippen LogP) is 4.24. The molecule has 0 atom stereocenters. The zero-order valence-electron chi connectivity index (χ0n) is 15.4. The van der Waals surface area contributed by atoms with Crippen molar-refractivity contribution in [1.29, 1.82) is 0 Å². The fourth-order valence-electron chi connectivity index (χ4n) is 3.77. The van der Waals surface area contributed by atoms with Crippen molar-refractivity contribution in [3.05, 3.63) is 46.0 Å². The number of aryl methyl sites for hydroxylation is 1. The molecule has 1 fully saturated rings. The summed E-state index contributed by atoms with van der Waals surface area (Å²) in [6, 6.07) is 8.06. The number of imidazole rings is 1. The van der Waals surface area contributed by atoms with E-state index in [4.69, 9.17) is 0 Å². The van der Waals surface area contributed by atoms with Crippen molar-refractivity contribution in [2.75, 3.05) is 5.32 Å². The van der Waals surface area contributed by atoms with Crippen LogP contribution in [-0.2, 0) is 6.54 Å². The molecule has 0 aliphatic heterocycles. The third-order valence-corrected chi connectivity index (χ3v) is 5.09. The zero-order chi connectivity index (χ0) is 18.1. The second kappa shape index (κ2) is 6.94. The summed E-state index contributed by atoms with van der Waals surface area (Å²) < 4.78 is 1.71. The van der Waals surface area contributed by atoms with Crippen LogP contribution >= 0.6 is 0 Å². The second-order valence-electron chi connectivity index (χ2n) is 7.19. The molecule has 136 valence electrons. The largest absolute Gasteiger partial charge is 0.336 e. The van der Waals surface area contributed by atoms with Gasteiger partial charge in [0.2, 0.25) is 5.95 Å². The molecule has 2 aromatic heterocycles. The highest BCUT2D eigenvalue weighted by molar-refractivity contribution is 5.72. The Morgan fingerprint density at radius 1 is 1.27 bits per heavy atom. The van der Waals surface area contributed by atoms with Crippen LogP contribution < -0.4 is 10.9 Å². The van der Waals surface area contributed by atoms with Crippen LogP contribution in [0.15, 0.2) is 29.1 Å². The monoisotopic (exact) mass is 351 g/mol. The van der Waals surface area contributed by atoms with E-state index in [-0.39, 0.29) is 5.56 Å². The van der Waals surface area contributed by atoms with Crippen LogP contribution in [0.3, 0.4) is 0 Å². The fraction of sp³-hybridized carbons (Fsp3) is 0.450. The van der Waals surface area contributed by atoms with E-state index in [0.29, 0.717) is 29.6 Å². The van der Waals surface area contributed by atoms with Gasteiger partial charge in [-0.2, -0.15) is 4.98 Å². The number of anilines is 2. The second-order valence-corrected chi connectivity index (χ2v) is 7.19. The Kier molecular flexibility index (Phi) is 4.49. The van der Waals surface area contributed by atoms with Crippen LogP contribution in [0.2, 0.25) is 0 Å². The number of aromatic nitrogens is 4. The molecule has 2 heterocycles. The molecule has 0 saturated heterocycles. The Hall–Kier alpha value is -2.63. The molecule has 6 nitrogen and oxygen atoms in total. The first-order valence-electron chi connectivity index (χ1n) is 9.50. The number of fused-ring (bicyclic) bond motifs is 1. The third-order valence-electron chi connectivity index (χ3n) is 5.09. The minimum Gasteiger partial charge on any atom is -0.336 e. The van der Waals surface area contributed by atoms with Crippen LogP contribution in [0.25, 0.3) is 11.2 Å². The molecule has 3 aromatic rings. The lowest BCUT2D eigenvalue weighted by Gasteiger charge is -2.13. The van der Waals surface area contributed by atoms with Crippen LogP contribution in [0.4, 0.5) is 11.6 Å². The Morgan fingerprint density at radius 3 is 2.81 bits per heavy atom. The number of aromatic amines is 1. The maximum absolute atomic E-state index is 13.0. The number of benzene rings is 1. The molecule has 0 unspecified atom stereocenters. The van der Waals surface area contributed by atoms with Crippen molar-refractivity contribution >= 4 is 22.8 Å². The van der Waals surface area contributed by atoms with Gasteiger partial charge in [0.05, 0.1) is 0 Å². The molecule has 1 saturated carbocycles. The first-order chi connectivity index (χ1) is 12.7. The predicted molar refractivity (Wildman–Crippen MR) is 104 cm³/mol. The quantitative estimate of drug-likeness (QED) is 0.721. The van der Waals surface area contributed by atoms with Crippen molar-refractivity contribution in [2.24, 2.45) is 0 Å². The van der Waals surface area contributed by atoms with Crippen molar-refractivity contribution in [2.45, 2.75) is 58.4 Å². The minimum atomic E-state index is -0.0521. The molecule has 4 rings (SSSR count). The molecule has 0 spiro atoms. The average Bonchev–Trinajstić information content (AvgIpc) is 3.27. The summed E-state index contributed by atoms with van der Waals surface area (Å²) in [5.41, 5.74) is 3.06. The lowest BCUT2D eigenvalue weighted by atomic mass is 10.1. The van der Waals surface area contributed by atoms with Crippen LogP contribution in [0.5, 0.6) is 0 Å². The summed E-state index contributed by atoms with van der Waals surface area (Å²) in [5, 5.41) is 3.31. The first-order valence-corrected chi connectivity index (χ1v) is 9.50. The van der Waals surface area contributed by atoms with Crippen LogP contribution in [-0.4, -0.2) is 19.5 Å². The topological polar surface area (TPSA) is 75.6 Å². The molecule has 6 heteroatoms. The minimum absolute atomic E-state index is 0.0521. The van der Waals surface area contributed by atoms with Gasteiger partial charge in [0.15, 0.2) is 11.2 Å². The van der Waals surface area contributed by atoms with E-state index in [1.165, 1.54) is 12.8 Å². The molecule has 2 N–H and O–H groups in total. The molecule has 1 aliphatic carbocycles. The summed E-state index contributed by atoms with van der Waals surface area (Å²) >= 11 is 0. The van der Waals surface area contributed by atoms with Crippen molar-refractivity contribution < 1.29 is 0 Å². The highest BCUT2D eigenvalue weighted by atomic mass is 16.1. The van der Waals surface area contributed by atoms with Gasteiger partial charge in [-0.1, -0.05) is 31.9 Å². The zero-order valence-corrected chi connectivity index (χ0v) is 15.4. The smallest absolute Gasteiger partial charge is 0.280 e. The van der Waals surface area contributed by atoms with E-state index in [0.717, 1.165) is 36.3 Å². The van der Waals surface area contributed by atoms with Crippen LogP contribution in [0, 0.1) is 6.92 Å². The van der Waals surface area contributed by atoms with E-state index in [2.05, 4.69) is 27.2 Å². The SMILES string of the molecule is CCCn1c(Nc2cccc(C)c2)nc2nc(C3CCCC3)[nH]c2c1=O. The van der Waals surface area contributed by atoms with Gasteiger partial charge in [-0.3, -0.25) is 9.36 Å². The average molecular weight is 351 g/mol. The lowest BCUT2D eigenvalue weighted by Crippen LogP contribution is -2.24. The van der Waals surface area contributed by atoms with E-state index >= 15 is 0 Å². The van der Waals surface area contributed by atoms with Crippen molar-refractivity contribution in [3.63, 3.8) is 0 Å². The van der Waals surface area contributed by atoms with Crippen LogP contribution in [0.1, 0.15) is 56.3 Å². The van der Waals surface area contributed by atoms with Gasteiger partial charge in [0.25, 0.3) is 5.56 Å². The third kappa shape index (κ3) is 3.11. The van der Waals surface area contributed by atoms with Gasteiger partial charge in [-0.25, -0.2) is 4.98 Å². The van der Waals surface area contributed by atoms with E-state index in [9.17, 15) is 4.79 Å². The fourth-order valence-corrected chi connectivity index (χ4v) is 3.77. The van der Waals surface area contributed by atoms with Gasteiger partial charge < -0.3 is 10.3 Å². The Balaban J connectivity index is 1.79. The molecular formula is C20H25N5O. The van der Waals surface area contributed by atoms with E-state index in [1.807, 2.05) is 31.2 Å². The molecule has 0 radical (unpaired) electrons. The van der Waals surface area contributed by atoms with Gasteiger partial charge in [-0.15, -0.1) is 0 Å². The van der Waals surface area contributed by atoms with E-state index < -0.39 is 0 Å². The maximum Gasteiger partial charge on any atom is 0.280 e. The molecule has 1 aromatic carbocycles. The van der Waals surface area contributed by atoms with Crippen molar-refractivity contribution in [1.82, 2.24) is 19.5 Å². The number of hydrogen-bond donors (Lipinski definition) is 2. The Morgan fingerprint density at radius 2 is 2.08 bits per heavy atom. The summed E-state index contributed by atoms with van der Waals surface area (Å²) in [6.45, 7) is 4.72. The molecule has 0 bridgehead atoms. The molecule has 26 heavy (non-hydrogen) atoms. The van der Waals surface area contributed by atoms with Crippen molar-refractivity contribution in [3.8, 4) is 0 Å². The van der Waals surface area contributed by atoms with E-state index in [1.54, 1.807) is 4.57 Å². The van der Waals surface area contributed by atoms with Gasteiger partial charge in [-0.05, 0) is 43.9 Å². The summed E-state index contributed by atoms with van der Waals surface area (Å²) in [5.74, 6) is 1.90. The first kappa shape index (κ1) is 16.8. The number of hydrogen-bond acceptors (Lipinski definition) is 4. The Labute approximate surface area is 152 Å². The number of nitrogens with zero attached hydrogens (tertiary/aromatic N) is 3. The molecule has 0 amide bonds.